The number of hydrogen-bond donors (Lipinski definition) is 2. The van der Waals surface area contributed by atoms with Crippen LogP contribution < -0.4 is 24.2 Å². The molecule has 0 aliphatic rings. The summed E-state index contributed by atoms with van der Waals surface area (Å²) >= 11 is 0. The van der Waals surface area contributed by atoms with Gasteiger partial charge in [-0.1, -0.05) is 13.0 Å². The summed E-state index contributed by atoms with van der Waals surface area (Å²) in [7, 11) is -0.645. The predicted octanol–water partition coefficient (Wildman–Crippen LogP) is 2.37. The van der Waals surface area contributed by atoms with Gasteiger partial charge in [0.05, 0.1) is 20.8 Å². The number of nitrogens with one attached hydrogen (secondary N) is 2. The summed E-state index contributed by atoms with van der Waals surface area (Å²) in [5.74, 6) is 1.09. The molecule has 2 aromatic rings. The summed E-state index contributed by atoms with van der Waals surface area (Å²) in [6.07, 6.45) is 0.575. The van der Waals surface area contributed by atoms with Crippen LogP contribution in [-0.2, 0) is 16.4 Å². The Balaban J connectivity index is 2.12. The fraction of sp³-hybridized carbons (Fsp3) is 0.381. The number of amides is 1. The molecule has 30 heavy (non-hydrogen) atoms. The molecule has 0 saturated carbocycles. The van der Waals surface area contributed by atoms with Gasteiger partial charge in [-0.2, -0.15) is 0 Å². The molecule has 0 aromatic heterocycles. The number of benzene rings is 2. The minimum Gasteiger partial charge on any atom is -0.493 e. The van der Waals surface area contributed by atoms with Crippen molar-refractivity contribution in [3.63, 3.8) is 0 Å². The average molecular weight is 437 g/mol. The van der Waals surface area contributed by atoms with Crippen molar-refractivity contribution in [2.75, 3.05) is 33.9 Å². The quantitative estimate of drug-likeness (QED) is 0.561. The molecule has 0 bridgehead atoms. The van der Waals surface area contributed by atoms with E-state index in [1.807, 2.05) is 12.1 Å². The Kier molecular flexibility index (Phi) is 8.49. The van der Waals surface area contributed by atoms with Crippen molar-refractivity contribution in [3.8, 4) is 17.2 Å². The maximum Gasteiger partial charge on any atom is 0.251 e. The van der Waals surface area contributed by atoms with Crippen LogP contribution in [0, 0.1) is 0 Å². The lowest BCUT2D eigenvalue weighted by Gasteiger charge is -2.13. The van der Waals surface area contributed by atoms with Crippen LogP contribution in [0.4, 0.5) is 0 Å². The molecule has 8 nitrogen and oxygen atoms in total. The number of carbonyl (C=O) groups excluding carboxylic acids is 1. The standard InChI is InChI=1S/C21H28N2O6S/c1-5-23-30(25,26)20-14-16(8-10-18(20)29-6-2)21(24)22-12-11-15-7-9-17(27-3)19(13-15)28-4/h7-10,13-14,23H,5-6,11-12H2,1-4H3,(H,22,24). The average Bonchev–Trinajstić information content (AvgIpc) is 2.73. The van der Waals surface area contributed by atoms with E-state index in [4.69, 9.17) is 14.2 Å². The molecule has 2 aromatic carbocycles. The smallest absolute Gasteiger partial charge is 0.251 e. The summed E-state index contributed by atoms with van der Waals surface area (Å²) in [6.45, 7) is 4.36. The van der Waals surface area contributed by atoms with Gasteiger partial charge in [0.2, 0.25) is 10.0 Å². The molecule has 1 amide bonds. The monoisotopic (exact) mass is 436 g/mol. The van der Waals surface area contributed by atoms with Gasteiger partial charge < -0.3 is 19.5 Å². The lowest BCUT2D eigenvalue weighted by atomic mass is 10.1. The van der Waals surface area contributed by atoms with Crippen LogP contribution in [0.3, 0.4) is 0 Å². The molecule has 2 N–H and O–H groups in total. The second-order valence-corrected chi connectivity index (χ2v) is 8.03. The SMILES string of the molecule is CCNS(=O)(=O)c1cc(C(=O)NCCc2ccc(OC)c(OC)c2)ccc1OCC. The molecule has 9 heteroatoms. The first-order valence-corrected chi connectivity index (χ1v) is 11.1. The van der Waals surface area contributed by atoms with Crippen LogP contribution in [0.15, 0.2) is 41.3 Å². The van der Waals surface area contributed by atoms with E-state index in [1.54, 1.807) is 40.2 Å². The van der Waals surface area contributed by atoms with Crippen LogP contribution in [0.1, 0.15) is 29.8 Å². The number of hydrogen-bond acceptors (Lipinski definition) is 6. The lowest BCUT2D eigenvalue weighted by Crippen LogP contribution is -2.27. The van der Waals surface area contributed by atoms with Gasteiger partial charge >= 0.3 is 0 Å². The summed E-state index contributed by atoms with van der Waals surface area (Å²) in [4.78, 5) is 12.5. The van der Waals surface area contributed by atoms with Crippen molar-refractivity contribution >= 4 is 15.9 Å². The molecule has 0 atom stereocenters. The zero-order valence-electron chi connectivity index (χ0n) is 17.7. The second kappa shape index (κ2) is 10.8. The summed E-state index contributed by atoms with van der Waals surface area (Å²) in [5.41, 5.74) is 1.21. The minimum absolute atomic E-state index is 0.0567. The molecule has 0 aliphatic carbocycles. The van der Waals surface area contributed by atoms with E-state index in [0.717, 1.165) is 5.56 Å². The minimum atomic E-state index is -3.78. The van der Waals surface area contributed by atoms with E-state index in [9.17, 15) is 13.2 Å². The number of ether oxygens (including phenoxy) is 3. The topological polar surface area (TPSA) is 103 Å². The summed E-state index contributed by atoms with van der Waals surface area (Å²) < 4.78 is 43.3. The number of carbonyl (C=O) groups is 1. The van der Waals surface area contributed by atoms with Crippen molar-refractivity contribution in [2.45, 2.75) is 25.2 Å². The first kappa shape index (κ1) is 23.5. The van der Waals surface area contributed by atoms with E-state index < -0.39 is 10.0 Å². The fourth-order valence-electron chi connectivity index (χ4n) is 2.86. The van der Waals surface area contributed by atoms with E-state index in [2.05, 4.69) is 10.0 Å². The third-order valence-corrected chi connectivity index (χ3v) is 5.84. The first-order chi connectivity index (χ1) is 14.4. The van der Waals surface area contributed by atoms with E-state index >= 15 is 0 Å². The van der Waals surface area contributed by atoms with Crippen molar-refractivity contribution in [1.29, 1.82) is 0 Å². The largest absolute Gasteiger partial charge is 0.493 e. The highest BCUT2D eigenvalue weighted by molar-refractivity contribution is 7.89. The molecule has 0 fully saturated rings. The first-order valence-electron chi connectivity index (χ1n) is 9.61. The Morgan fingerprint density at radius 3 is 2.30 bits per heavy atom. The second-order valence-electron chi connectivity index (χ2n) is 6.29. The molecule has 0 radical (unpaired) electrons. The van der Waals surface area contributed by atoms with E-state index in [-0.39, 0.29) is 28.7 Å². The lowest BCUT2D eigenvalue weighted by molar-refractivity contribution is 0.0954. The molecule has 0 spiro atoms. The number of rotatable bonds is 11. The summed E-state index contributed by atoms with van der Waals surface area (Å²) in [5, 5.41) is 2.81. The van der Waals surface area contributed by atoms with Crippen molar-refractivity contribution < 1.29 is 27.4 Å². The zero-order chi connectivity index (χ0) is 22.1. The molecule has 0 unspecified atom stereocenters. The van der Waals surface area contributed by atoms with Gasteiger partial charge in [0.1, 0.15) is 10.6 Å². The molecule has 0 aliphatic heterocycles. The number of methoxy groups -OCH3 is 2. The fourth-order valence-corrected chi connectivity index (χ4v) is 4.07. The van der Waals surface area contributed by atoms with Crippen molar-refractivity contribution in [1.82, 2.24) is 10.0 Å². The maximum absolute atomic E-state index is 12.6. The Labute approximate surface area is 177 Å². The maximum atomic E-state index is 12.6. The number of sulfonamides is 1. The van der Waals surface area contributed by atoms with Gasteiger partial charge in [-0.15, -0.1) is 0 Å². The normalized spacial score (nSPS) is 11.1. The molecular formula is C21H28N2O6S. The Morgan fingerprint density at radius 2 is 1.67 bits per heavy atom. The van der Waals surface area contributed by atoms with Crippen LogP contribution in [-0.4, -0.2) is 48.2 Å². The van der Waals surface area contributed by atoms with Crippen molar-refractivity contribution in [2.24, 2.45) is 0 Å². The van der Waals surface area contributed by atoms with Crippen LogP contribution in [0.25, 0.3) is 0 Å². The molecule has 164 valence electrons. The van der Waals surface area contributed by atoms with Gasteiger partial charge in [-0.3, -0.25) is 4.79 Å². The molecule has 2 rings (SSSR count). The highest BCUT2D eigenvalue weighted by Crippen LogP contribution is 2.28. The zero-order valence-corrected chi connectivity index (χ0v) is 18.5. The van der Waals surface area contributed by atoms with Crippen LogP contribution in [0.5, 0.6) is 17.2 Å². The van der Waals surface area contributed by atoms with Gasteiger partial charge in [-0.05, 0) is 49.2 Å². The van der Waals surface area contributed by atoms with Gasteiger partial charge in [0.15, 0.2) is 11.5 Å². The van der Waals surface area contributed by atoms with Gasteiger partial charge in [0, 0.05) is 18.7 Å². The van der Waals surface area contributed by atoms with Gasteiger partial charge in [-0.25, -0.2) is 13.1 Å². The highest BCUT2D eigenvalue weighted by atomic mass is 32.2. The van der Waals surface area contributed by atoms with Crippen LogP contribution >= 0.6 is 0 Å². The third-order valence-electron chi connectivity index (χ3n) is 4.28. The van der Waals surface area contributed by atoms with Crippen LogP contribution in [0.2, 0.25) is 0 Å². The molecule has 0 heterocycles. The van der Waals surface area contributed by atoms with Crippen molar-refractivity contribution in [3.05, 3.63) is 47.5 Å². The van der Waals surface area contributed by atoms with E-state index in [1.165, 1.54) is 12.1 Å². The third kappa shape index (κ3) is 5.87. The van der Waals surface area contributed by atoms with E-state index in [0.29, 0.717) is 31.1 Å². The van der Waals surface area contributed by atoms with Gasteiger partial charge in [0.25, 0.3) is 5.91 Å². The Morgan fingerprint density at radius 1 is 0.967 bits per heavy atom. The predicted molar refractivity (Wildman–Crippen MR) is 114 cm³/mol. The molecular weight excluding hydrogens is 408 g/mol. The Hall–Kier alpha value is -2.78. The highest BCUT2D eigenvalue weighted by Gasteiger charge is 2.21. The Bertz CT molecular complexity index is 975. The summed E-state index contributed by atoms with van der Waals surface area (Å²) in [6, 6.07) is 9.92. The molecule has 0 saturated heterocycles.